The molecule has 1 aliphatic rings. The maximum Gasteiger partial charge on any atom is 0.240 e. The Morgan fingerprint density at radius 1 is 1.56 bits per heavy atom. The van der Waals surface area contributed by atoms with Crippen molar-refractivity contribution in [1.29, 1.82) is 0 Å². The fourth-order valence-corrected chi connectivity index (χ4v) is 3.27. The molecular formula is C12H24N2OS. The summed E-state index contributed by atoms with van der Waals surface area (Å²) >= 11 is 1.85. The molecule has 3 unspecified atom stereocenters. The van der Waals surface area contributed by atoms with Gasteiger partial charge in [0.15, 0.2) is 0 Å². The highest BCUT2D eigenvalue weighted by atomic mass is 32.2. The van der Waals surface area contributed by atoms with Gasteiger partial charge < -0.3 is 11.1 Å². The lowest BCUT2D eigenvalue weighted by molar-refractivity contribution is -0.126. The first-order valence-corrected chi connectivity index (χ1v) is 7.42. The van der Waals surface area contributed by atoms with E-state index >= 15 is 0 Å². The van der Waals surface area contributed by atoms with Gasteiger partial charge in [-0.3, -0.25) is 4.79 Å². The van der Waals surface area contributed by atoms with E-state index in [2.05, 4.69) is 18.5 Å². The summed E-state index contributed by atoms with van der Waals surface area (Å²) in [5.74, 6) is 0.0142. The summed E-state index contributed by atoms with van der Waals surface area (Å²) in [7, 11) is 0. The van der Waals surface area contributed by atoms with Crippen molar-refractivity contribution >= 4 is 17.7 Å². The number of amides is 1. The number of hydrogen-bond donors (Lipinski definition) is 2. The summed E-state index contributed by atoms with van der Waals surface area (Å²) in [5, 5.41) is 3.69. The van der Waals surface area contributed by atoms with E-state index in [0.717, 1.165) is 19.3 Å². The van der Waals surface area contributed by atoms with E-state index in [1.54, 1.807) is 0 Å². The zero-order chi connectivity index (χ0) is 12.2. The minimum Gasteiger partial charge on any atom is -0.351 e. The monoisotopic (exact) mass is 244 g/mol. The smallest absolute Gasteiger partial charge is 0.240 e. The van der Waals surface area contributed by atoms with Crippen LogP contribution in [0.5, 0.6) is 0 Å². The van der Waals surface area contributed by atoms with Gasteiger partial charge in [0.05, 0.1) is 5.54 Å². The fourth-order valence-electron chi connectivity index (χ4n) is 2.34. The second-order valence-electron chi connectivity index (χ2n) is 4.95. The molecule has 0 spiro atoms. The van der Waals surface area contributed by atoms with Gasteiger partial charge in [-0.15, -0.1) is 0 Å². The second kappa shape index (κ2) is 5.92. The van der Waals surface area contributed by atoms with Crippen LogP contribution in [-0.4, -0.2) is 29.0 Å². The first-order chi connectivity index (χ1) is 7.51. The summed E-state index contributed by atoms with van der Waals surface area (Å²) in [5.41, 5.74) is 5.31. The minimum absolute atomic E-state index is 0.0142. The summed E-state index contributed by atoms with van der Waals surface area (Å²) < 4.78 is 0. The van der Waals surface area contributed by atoms with Crippen molar-refractivity contribution < 1.29 is 4.79 Å². The Morgan fingerprint density at radius 2 is 2.25 bits per heavy atom. The molecule has 0 aromatic rings. The van der Waals surface area contributed by atoms with Crippen LogP contribution in [0.2, 0.25) is 0 Å². The lowest BCUT2D eigenvalue weighted by Crippen LogP contribution is -2.55. The summed E-state index contributed by atoms with van der Waals surface area (Å²) in [4.78, 5) is 12.0. The van der Waals surface area contributed by atoms with Gasteiger partial charge in [0.2, 0.25) is 5.91 Å². The van der Waals surface area contributed by atoms with Gasteiger partial charge in [-0.05, 0) is 32.4 Å². The third-order valence-electron chi connectivity index (χ3n) is 3.36. The molecule has 1 rings (SSSR count). The highest BCUT2D eigenvalue weighted by Gasteiger charge is 2.33. The van der Waals surface area contributed by atoms with Crippen molar-refractivity contribution in [2.75, 3.05) is 6.26 Å². The topological polar surface area (TPSA) is 55.1 Å². The molecule has 0 aromatic carbocycles. The van der Waals surface area contributed by atoms with Crippen LogP contribution in [0.3, 0.4) is 0 Å². The average Bonchev–Trinajstić information content (AvgIpc) is 2.65. The quantitative estimate of drug-likeness (QED) is 0.776. The Balaban J connectivity index is 2.50. The van der Waals surface area contributed by atoms with Crippen LogP contribution < -0.4 is 11.1 Å². The van der Waals surface area contributed by atoms with Gasteiger partial charge in [0, 0.05) is 11.3 Å². The number of nitrogens with two attached hydrogens (primary N) is 1. The Labute approximate surface area is 103 Å². The van der Waals surface area contributed by atoms with Crippen LogP contribution in [-0.2, 0) is 4.79 Å². The summed E-state index contributed by atoms with van der Waals surface area (Å²) in [6.45, 7) is 3.88. The third kappa shape index (κ3) is 3.39. The van der Waals surface area contributed by atoms with Gasteiger partial charge in [0.1, 0.15) is 0 Å². The average molecular weight is 244 g/mol. The first-order valence-electron chi connectivity index (χ1n) is 6.14. The highest BCUT2D eigenvalue weighted by Crippen LogP contribution is 2.28. The molecule has 1 amide bonds. The summed E-state index contributed by atoms with van der Waals surface area (Å²) in [6, 6.07) is 0.322. The number of hydrogen-bond acceptors (Lipinski definition) is 3. The molecule has 0 radical (unpaired) electrons. The zero-order valence-electron chi connectivity index (χ0n) is 10.6. The Bertz CT molecular complexity index is 243. The van der Waals surface area contributed by atoms with Gasteiger partial charge >= 0.3 is 0 Å². The van der Waals surface area contributed by atoms with Crippen molar-refractivity contribution in [1.82, 2.24) is 5.32 Å². The Hall–Kier alpha value is -0.220. The van der Waals surface area contributed by atoms with Gasteiger partial charge in [-0.1, -0.05) is 19.8 Å². The first kappa shape index (κ1) is 13.8. The number of nitrogens with one attached hydrogen (secondary N) is 1. The molecule has 0 heterocycles. The van der Waals surface area contributed by atoms with E-state index in [4.69, 9.17) is 5.73 Å². The number of rotatable bonds is 5. The lowest BCUT2D eigenvalue weighted by atomic mass is 9.96. The van der Waals surface area contributed by atoms with Crippen molar-refractivity contribution in [2.45, 2.75) is 62.8 Å². The van der Waals surface area contributed by atoms with E-state index in [0.29, 0.717) is 11.3 Å². The van der Waals surface area contributed by atoms with E-state index < -0.39 is 5.54 Å². The van der Waals surface area contributed by atoms with Crippen LogP contribution in [0.4, 0.5) is 0 Å². The fraction of sp³-hybridized carbons (Fsp3) is 0.917. The predicted molar refractivity (Wildman–Crippen MR) is 70.6 cm³/mol. The maximum absolute atomic E-state index is 12.0. The molecule has 16 heavy (non-hydrogen) atoms. The lowest BCUT2D eigenvalue weighted by Gasteiger charge is -2.27. The molecule has 0 aliphatic heterocycles. The molecule has 3 atom stereocenters. The van der Waals surface area contributed by atoms with Crippen LogP contribution in [0, 0.1) is 0 Å². The molecule has 0 bridgehead atoms. The summed E-state index contributed by atoms with van der Waals surface area (Å²) in [6.07, 6.45) is 7.32. The van der Waals surface area contributed by atoms with Crippen molar-refractivity contribution in [2.24, 2.45) is 5.73 Å². The molecular weight excluding hydrogens is 220 g/mol. The Kier molecular flexibility index (Phi) is 5.12. The number of thioether (sulfide) groups is 1. The normalized spacial score (nSPS) is 28.8. The predicted octanol–water partition coefficient (Wildman–Crippen LogP) is 1.90. The van der Waals surface area contributed by atoms with Crippen molar-refractivity contribution in [3.63, 3.8) is 0 Å². The molecule has 0 aromatic heterocycles. The standard InChI is InChI=1S/C12H24N2OS/c1-4-8-12(2,13)11(15)14-9-6-5-7-10(9)16-3/h9-10H,4-8,13H2,1-3H3,(H,14,15). The number of carbonyl (C=O) groups excluding carboxylic acids is 1. The molecule has 94 valence electrons. The Morgan fingerprint density at radius 3 is 2.81 bits per heavy atom. The minimum atomic E-state index is -0.708. The molecule has 1 aliphatic carbocycles. The number of carbonyl (C=O) groups is 1. The molecule has 1 fully saturated rings. The van der Waals surface area contributed by atoms with E-state index in [9.17, 15) is 4.79 Å². The van der Waals surface area contributed by atoms with Crippen LogP contribution in [0.1, 0.15) is 46.0 Å². The SMILES string of the molecule is CCCC(C)(N)C(=O)NC1CCCC1SC. The third-order valence-corrected chi connectivity index (χ3v) is 4.53. The largest absolute Gasteiger partial charge is 0.351 e. The molecule has 1 saturated carbocycles. The van der Waals surface area contributed by atoms with E-state index in [1.807, 2.05) is 18.7 Å². The molecule has 3 nitrogen and oxygen atoms in total. The van der Waals surface area contributed by atoms with E-state index in [-0.39, 0.29) is 5.91 Å². The molecule has 3 N–H and O–H groups in total. The molecule has 4 heteroatoms. The van der Waals surface area contributed by atoms with Gasteiger partial charge in [-0.2, -0.15) is 11.8 Å². The second-order valence-corrected chi connectivity index (χ2v) is 6.03. The van der Waals surface area contributed by atoms with Crippen molar-refractivity contribution in [3.8, 4) is 0 Å². The van der Waals surface area contributed by atoms with Crippen LogP contribution in [0.15, 0.2) is 0 Å². The van der Waals surface area contributed by atoms with E-state index in [1.165, 1.54) is 12.8 Å². The van der Waals surface area contributed by atoms with Crippen molar-refractivity contribution in [3.05, 3.63) is 0 Å². The molecule has 0 saturated heterocycles. The maximum atomic E-state index is 12.0. The zero-order valence-corrected chi connectivity index (χ0v) is 11.4. The van der Waals surface area contributed by atoms with Crippen LogP contribution >= 0.6 is 11.8 Å². The van der Waals surface area contributed by atoms with Crippen LogP contribution in [0.25, 0.3) is 0 Å². The highest BCUT2D eigenvalue weighted by molar-refractivity contribution is 7.99. The van der Waals surface area contributed by atoms with Gasteiger partial charge in [0.25, 0.3) is 0 Å². The van der Waals surface area contributed by atoms with Gasteiger partial charge in [-0.25, -0.2) is 0 Å².